The summed E-state index contributed by atoms with van der Waals surface area (Å²) in [5.41, 5.74) is 2.17. The van der Waals surface area contributed by atoms with Crippen LogP contribution in [0.2, 0.25) is 0 Å². The molecule has 126 valence electrons. The lowest BCUT2D eigenvalue weighted by molar-refractivity contribution is 0.0123. The molecule has 0 amide bonds. The predicted octanol–water partition coefficient (Wildman–Crippen LogP) is 3.62. The van der Waals surface area contributed by atoms with E-state index < -0.39 is 0 Å². The van der Waals surface area contributed by atoms with Gasteiger partial charge in [0.1, 0.15) is 5.82 Å². The molecule has 0 aliphatic carbocycles. The van der Waals surface area contributed by atoms with Gasteiger partial charge in [0.25, 0.3) is 0 Å². The van der Waals surface area contributed by atoms with E-state index in [-0.39, 0.29) is 5.82 Å². The molecule has 0 spiro atoms. The fourth-order valence-electron chi connectivity index (χ4n) is 4.43. The van der Waals surface area contributed by atoms with E-state index in [9.17, 15) is 4.39 Å². The second kappa shape index (κ2) is 7.04. The summed E-state index contributed by atoms with van der Waals surface area (Å²) in [5.74, 6) is 0.650. The molecule has 3 aliphatic rings. The summed E-state index contributed by atoms with van der Waals surface area (Å²) in [6.45, 7) is 3.21. The zero-order valence-electron chi connectivity index (χ0n) is 14.0. The van der Waals surface area contributed by atoms with Gasteiger partial charge in [0.05, 0.1) is 0 Å². The molecule has 24 heavy (non-hydrogen) atoms. The van der Waals surface area contributed by atoms with Gasteiger partial charge in [-0.15, -0.1) is 0 Å². The second-order valence-corrected chi connectivity index (χ2v) is 7.13. The average Bonchev–Trinajstić information content (AvgIpc) is 2.64. The van der Waals surface area contributed by atoms with Crippen LogP contribution >= 0.6 is 0 Å². The molecule has 2 unspecified atom stereocenters. The monoisotopic (exact) mass is 324 g/mol. The van der Waals surface area contributed by atoms with Gasteiger partial charge < -0.3 is 5.32 Å². The Labute approximate surface area is 143 Å². The lowest BCUT2D eigenvalue weighted by Gasteiger charge is -2.51. The Balaban J connectivity index is 1.50. The van der Waals surface area contributed by atoms with Crippen molar-refractivity contribution in [2.75, 3.05) is 13.1 Å². The smallest absolute Gasteiger partial charge is 0.126 e. The Morgan fingerprint density at radius 1 is 0.958 bits per heavy atom. The first-order valence-electron chi connectivity index (χ1n) is 9.06. The van der Waals surface area contributed by atoms with Crippen LogP contribution in [0.1, 0.15) is 24.0 Å². The van der Waals surface area contributed by atoms with Gasteiger partial charge in [0.2, 0.25) is 0 Å². The van der Waals surface area contributed by atoms with Gasteiger partial charge >= 0.3 is 0 Å². The van der Waals surface area contributed by atoms with E-state index in [4.69, 9.17) is 0 Å². The summed E-state index contributed by atoms with van der Waals surface area (Å²) in [6, 6.07) is 18.7. The highest BCUT2D eigenvalue weighted by molar-refractivity contribution is 5.20. The van der Waals surface area contributed by atoms with E-state index in [0.29, 0.717) is 12.1 Å². The topological polar surface area (TPSA) is 15.3 Å². The van der Waals surface area contributed by atoms with Gasteiger partial charge in [0, 0.05) is 18.6 Å². The van der Waals surface area contributed by atoms with Crippen LogP contribution in [0, 0.1) is 11.7 Å². The van der Waals surface area contributed by atoms with Crippen molar-refractivity contribution in [2.24, 2.45) is 5.92 Å². The van der Waals surface area contributed by atoms with Gasteiger partial charge in [-0.3, -0.25) is 4.90 Å². The minimum Gasteiger partial charge on any atom is -0.308 e. The summed E-state index contributed by atoms with van der Waals surface area (Å²) >= 11 is 0. The van der Waals surface area contributed by atoms with E-state index >= 15 is 0 Å². The average molecular weight is 324 g/mol. The number of benzene rings is 2. The van der Waals surface area contributed by atoms with Crippen LogP contribution in [0.3, 0.4) is 0 Å². The van der Waals surface area contributed by atoms with Crippen LogP contribution in [0.5, 0.6) is 0 Å². The molecule has 3 heteroatoms. The Hall–Kier alpha value is -1.71. The zero-order chi connectivity index (χ0) is 16.4. The van der Waals surface area contributed by atoms with Gasteiger partial charge in [0.15, 0.2) is 0 Å². The second-order valence-electron chi connectivity index (χ2n) is 7.13. The van der Waals surface area contributed by atoms with E-state index in [2.05, 4.69) is 40.5 Å². The number of piperidine rings is 3. The normalized spacial score (nSPS) is 28.9. The van der Waals surface area contributed by atoms with Crippen molar-refractivity contribution in [3.8, 4) is 0 Å². The standard InChI is InChI=1S/C21H25FN2/c22-19-9-5-4-8-18(19)14-20-21(17-10-12-24(20)13-11-17)23-15-16-6-2-1-3-7-16/h1-9,17,20-21,23H,10-15H2. The third kappa shape index (κ3) is 3.24. The molecule has 1 N–H and O–H groups in total. The zero-order valence-corrected chi connectivity index (χ0v) is 14.0. The molecule has 3 aliphatic heterocycles. The van der Waals surface area contributed by atoms with E-state index in [0.717, 1.165) is 37.5 Å². The highest BCUT2D eigenvalue weighted by Crippen LogP contribution is 2.34. The molecule has 2 aromatic carbocycles. The van der Waals surface area contributed by atoms with Crippen molar-refractivity contribution in [1.29, 1.82) is 0 Å². The fraction of sp³-hybridized carbons (Fsp3) is 0.429. The molecule has 0 saturated carbocycles. The molecular formula is C21H25FN2. The molecule has 0 radical (unpaired) electrons. The third-order valence-corrected chi connectivity index (χ3v) is 5.74. The summed E-state index contributed by atoms with van der Waals surface area (Å²) in [5, 5.41) is 3.80. The first-order chi connectivity index (χ1) is 11.8. The molecule has 2 nitrogen and oxygen atoms in total. The molecule has 2 aromatic rings. The van der Waals surface area contributed by atoms with Crippen molar-refractivity contribution in [2.45, 2.75) is 37.9 Å². The van der Waals surface area contributed by atoms with Crippen molar-refractivity contribution in [1.82, 2.24) is 10.2 Å². The van der Waals surface area contributed by atoms with E-state index in [1.807, 2.05) is 12.1 Å². The van der Waals surface area contributed by atoms with Crippen LogP contribution < -0.4 is 5.32 Å². The number of halogens is 1. The van der Waals surface area contributed by atoms with Crippen LogP contribution in [-0.4, -0.2) is 30.1 Å². The van der Waals surface area contributed by atoms with Gasteiger partial charge in [-0.2, -0.15) is 0 Å². The lowest BCUT2D eigenvalue weighted by atomic mass is 9.76. The lowest BCUT2D eigenvalue weighted by Crippen LogP contribution is -2.63. The Bertz CT molecular complexity index is 665. The minimum absolute atomic E-state index is 0.0676. The maximum atomic E-state index is 14.1. The first kappa shape index (κ1) is 15.8. The predicted molar refractivity (Wildman–Crippen MR) is 95.3 cm³/mol. The van der Waals surface area contributed by atoms with Gasteiger partial charge in [-0.1, -0.05) is 48.5 Å². The van der Waals surface area contributed by atoms with Gasteiger partial charge in [-0.25, -0.2) is 4.39 Å². The van der Waals surface area contributed by atoms with Crippen molar-refractivity contribution < 1.29 is 4.39 Å². The minimum atomic E-state index is -0.0676. The maximum Gasteiger partial charge on any atom is 0.126 e. The highest BCUT2D eigenvalue weighted by atomic mass is 19.1. The van der Waals surface area contributed by atoms with Crippen LogP contribution in [-0.2, 0) is 13.0 Å². The molecule has 3 fully saturated rings. The van der Waals surface area contributed by atoms with Crippen molar-refractivity contribution >= 4 is 0 Å². The Morgan fingerprint density at radius 2 is 1.67 bits per heavy atom. The van der Waals surface area contributed by atoms with Crippen LogP contribution in [0.15, 0.2) is 54.6 Å². The first-order valence-corrected chi connectivity index (χ1v) is 9.06. The summed E-state index contributed by atoms with van der Waals surface area (Å²) in [4.78, 5) is 2.56. The molecular weight excluding hydrogens is 299 g/mol. The fourth-order valence-corrected chi connectivity index (χ4v) is 4.43. The molecule has 3 saturated heterocycles. The van der Waals surface area contributed by atoms with Crippen molar-refractivity contribution in [3.63, 3.8) is 0 Å². The number of rotatable bonds is 5. The Kier molecular flexibility index (Phi) is 4.63. The maximum absolute atomic E-state index is 14.1. The molecule has 3 heterocycles. The molecule has 0 aromatic heterocycles. The van der Waals surface area contributed by atoms with Crippen molar-refractivity contribution in [3.05, 3.63) is 71.5 Å². The number of hydrogen-bond acceptors (Lipinski definition) is 2. The Morgan fingerprint density at radius 3 is 2.42 bits per heavy atom. The molecule has 5 rings (SSSR count). The highest BCUT2D eigenvalue weighted by Gasteiger charge is 2.41. The number of hydrogen-bond donors (Lipinski definition) is 1. The van der Waals surface area contributed by atoms with E-state index in [1.54, 1.807) is 12.1 Å². The van der Waals surface area contributed by atoms with Crippen LogP contribution in [0.25, 0.3) is 0 Å². The quantitative estimate of drug-likeness (QED) is 0.904. The van der Waals surface area contributed by atoms with Crippen LogP contribution in [0.4, 0.5) is 4.39 Å². The number of nitrogens with zero attached hydrogens (tertiary/aromatic N) is 1. The largest absolute Gasteiger partial charge is 0.308 e. The van der Waals surface area contributed by atoms with Gasteiger partial charge in [-0.05, 0) is 55.5 Å². The number of nitrogens with one attached hydrogen (secondary N) is 1. The molecule has 2 atom stereocenters. The SMILES string of the molecule is Fc1ccccc1CC1C(NCc2ccccc2)C2CCN1CC2. The summed E-state index contributed by atoms with van der Waals surface area (Å²) in [7, 11) is 0. The van der Waals surface area contributed by atoms with E-state index in [1.165, 1.54) is 18.4 Å². The third-order valence-electron chi connectivity index (χ3n) is 5.74. The summed E-state index contributed by atoms with van der Waals surface area (Å²) < 4.78 is 14.1. The number of fused-ring (bicyclic) bond motifs is 3. The molecule has 2 bridgehead atoms. The summed E-state index contributed by atoms with van der Waals surface area (Å²) in [6.07, 6.45) is 3.33.